The first-order chi connectivity index (χ1) is 10.1. The average molecular weight is 287 g/mol. The summed E-state index contributed by atoms with van der Waals surface area (Å²) in [5, 5.41) is 9.05. The molecule has 2 rings (SSSR count). The SMILES string of the molecule is CC(CN(Cc1ccccc1)C(=O)c1ccoc1)C(=O)O. The number of aliphatic carboxylic acids is 1. The quantitative estimate of drug-likeness (QED) is 0.886. The topological polar surface area (TPSA) is 70.8 Å². The summed E-state index contributed by atoms with van der Waals surface area (Å²) >= 11 is 0. The van der Waals surface area contributed by atoms with E-state index in [2.05, 4.69) is 0 Å². The molecule has 0 radical (unpaired) electrons. The van der Waals surface area contributed by atoms with Crippen molar-refractivity contribution in [2.24, 2.45) is 5.92 Å². The number of hydrogen-bond acceptors (Lipinski definition) is 3. The summed E-state index contributed by atoms with van der Waals surface area (Å²) in [5.74, 6) is -1.79. The summed E-state index contributed by atoms with van der Waals surface area (Å²) in [7, 11) is 0. The molecule has 5 nitrogen and oxygen atoms in total. The van der Waals surface area contributed by atoms with E-state index in [9.17, 15) is 9.59 Å². The fourth-order valence-electron chi connectivity index (χ4n) is 2.00. The number of hydrogen-bond donors (Lipinski definition) is 1. The van der Waals surface area contributed by atoms with E-state index < -0.39 is 11.9 Å². The molecule has 1 atom stereocenters. The molecule has 1 aromatic carbocycles. The lowest BCUT2D eigenvalue weighted by Crippen LogP contribution is -2.36. The third-order valence-corrected chi connectivity index (χ3v) is 3.19. The van der Waals surface area contributed by atoms with Crippen molar-refractivity contribution in [1.82, 2.24) is 4.90 Å². The molecule has 1 amide bonds. The summed E-state index contributed by atoms with van der Waals surface area (Å²) < 4.78 is 4.92. The smallest absolute Gasteiger partial charge is 0.308 e. The molecule has 0 aliphatic carbocycles. The number of carboxylic acid groups (broad SMARTS) is 1. The Morgan fingerprint density at radius 3 is 2.52 bits per heavy atom. The van der Waals surface area contributed by atoms with E-state index in [-0.39, 0.29) is 12.5 Å². The first kappa shape index (κ1) is 14.8. The molecule has 0 fully saturated rings. The number of carbonyl (C=O) groups is 2. The van der Waals surface area contributed by atoms with Crippen LogP contribution in [0, 0.1) is 5.92 Å². The van der Waals surface area contributed by atoms with E-state index in [0.717, 1.165) is 5.56 Å². The second kappa shape index (κ2) is 6.74. The summed E-state index contributed by atoms with van der Waals surface area (Å²) in [5.41, 5.74) is 1.37. The van der Waals surface area contributed by atoms with Crippen LogP contribution in [0.3, 0.4) is 0 Å². The van der Waals surface area contributed by atoms with E-state index >= 15 is 0 Å². The van der Waals surface area contributed by atoms with Crippen molar-refractivity contribution in [3.63, 3.8) is 0 Å². The molecule has 0 aliphatic rings. The number of carboxylic acids is 1. The molecule has 5 heteroatoms. The van der Waals surface area contributed by atoms with Gasteiger partial charge in [-0.1, -0.05) is 37.3 Å². The van der Waals surface area contributed by atoms with E-state index in [1.54, 1.807) is 13.0 Å². The summed E-state index contributed by atoms with van der Waals surface area (Å²) in [6, 6.07) is 11.0. The maximum atomic E-state index is 12.4. The minimum absolute atomic E-state index is 0.147. The fourth-order valence-corrected chi connectivity index (χ4v) is 2.00. The number of rotatable bonds is 6. The zero-order valence-electron chi connectivity index (χ0n) is 11.7. The van der Waals surface area contributed by atoms with Gasteiger partial charge in [0.25, 0.3) is 5.91 Å². The average Bonchev–Trinajstić information content (AvgIpc) is 3.01. The Kier molecular flexibility index (Phi) is 4.77. The van der Waals surface area contributed by atoms with Gasteiger partial charge in [-0.05, 0) is 11.6 Å². The van der Waals surface area contributed by atoms with E-state index in [1.165, 1.54) is 17.4 Å². The van der Waals surface area contributed by atoms with Gasteiger partial charge >= 0.3 is 5.97 Å². The largest absolute Gasteiger partial charge is 0.481 e. The highest BCUT2D eigenvalue weighted by atomic mass is 16.4. The highest BCUT2D eigenvalue weighted by Crippen LogP contribution is 2.13. The molecular weight excluding hydrogens is 270 g/mol. The van der Waals surface area contributed by atoms with Crippen LogP contribution in [0.25, 0.3) is 0 Å². The minimum atomic E-state index is -0.923. The van der Waals surface area contributed by atoms with Crippen molar-refractivity contribution in [3.05, 3.63) is 60.1 Å². The van der Waals surface area contributed by atoms with Gasteiger partial charge in [-0.25, -0.2) is 0 Å². The van der Waals surface area contributed by atoms with Crippen LogP contribution >= 0.6 is 0 Å². The zero-order chi connectivity index (χ0) is 15.2. The van der Waals surface area contributed by atoms with Gasteiger partial charge in [0, 0.05) is 13.1 Å². The molecule has 2 aromatic rings. The van der Waals surface area contributed by atoms with Crippen LogP contribution in [0.1, 0.15) is 22.8 Å². The Hall–Kier alpha value is -2.56. The second-order valence-corrected chi connectivity index (χ2v) is 4.92. The van der Waals surface area contributed by atoms with Crippen molar-refractivity contribution >= 4 is 11.9 Å². The summed E-state index contributed by atoms with van der Waals surface area (Å²) in [6.45, 7) is 2.10. The van der Waals surface area contributed by atoms with Gasteiger partial charge in [0.2, 0.25) is 0 Å². The molecule has 0 bridgehead atoms. The zero-order valence-corrected chi connectivity index (χ0v) is 11.7. The number of amides is 1. The van der Waals surface area contributed by atoms with Gasteiger partial charge < -0.3 is 14.4 Å². The van der Waals surface area contributed by atoms with Gasteiger partial charge in [0.15, 0.2) is 0 Å². The Balaban J connectivity index is 2.17. The van der Waals surface area contributed by atoms with Crippen LogP contribution in [-0.2, 0) is 11.3 Å². The normalized spacial score (nSPS) is 11.9. The van der Waals surface area contributed by atoms with E-state index in [4.69, 9.17) is 9.52 Å². The summed E-state index contributed by atoms with van der Waals surface area (Å²) in [6.07, 6.45) is 2.79. The Morgan fingerprint density at radius 2 is 1.95 bits per heavy atom. The number of furan rings is 1. The van der Waals surface area contributed by atoms with Crippen molar-refractivity contribution in [3.8, 4) is 0 Å². The minimum Gasteiger partial charge on any atom is -0.481 e. The Morgan fingerprint density at radius 1 is 1.24 bits per heavy atom. The van der Waals surface area contributed by atoms with Crippen molar-refractivity contribution < 1.29 is 19.1 Å². The first-order valence-corrected chi connectivity index (χ1v) is 6.66. The first-order valence-electron chi connectivity index (χ1n) is 6.66. The third kappa shape index (κ3) is 3.95. The van der Waals surface area contributed by atoms with Gasteiger partial charge in [-0.3, -0.25) is 9.59 Å². The van der Waals surface area contributed by atoms with Crippen molar-refractivity contribution in [1.29, 1.82) is 0 Å². The van der Waals surface area contributed by atoms with Crippen LogP contribution in [0.15, 0.2) is 53.3 Å². The standard InChI is InChI=1S/C16H17NO4/c1-12(16(19)20)9-17(10-13-5-3-2-4-6-13)15(18)14-7-8-21-11-14/h2-8,11-12H,9-10H2,1H3,(H,19,20). The predicted molar refractivity (Wildman–Crippen MR) is 76.7 cm³/mol. The van der Waals surface area contributed by atoms with Crippen LogP contribution in [0.2, 0.25) is 0 Å². The van der Waals surface area contributed by atoms with Gasteiger partial charge in [0.05, 0.1) is 17.7 Å². The maximum Gasteiger partial charge on any atom is 0.308 e. The lowest BCUT2D eigenvalue weighted by atomic mass is 10.1. The molecule has 0 spiro atoms. The Bertz CT molecular complexity index is 592. The monoisotopic (exact) mass is 287 g/mol. The molecule has 1 aromatic heterocycles. The molecule has 0 saturated heterocycles. The third-order valence-electron chi connectivity index (χ3n) is 3.19. The number of nitrogens with zero attached hydrogens (tertiary/aromatic N) is 1. The van der Waals surface area contributed by atoms with Crippen LogP contribution in [0.4, 0.5) is 0 Å². The molecular formula is C16H17NO4. The predicted octanol–water partition coefficient (Wildman–Crippen LogP) is 2.64. The molecule has 0 saturated carbocycles. The van der Waals surface area contributed by atoms with Crippen LogP contribution in [0.5, 0.6) is 0 Å². The molecule has 110 valence electrons. The lowest BCUT2D eigenvalue weighted by molar-refractivity contribution is -0.141. The fraction of sp³-hybridized carbons (Fsp3) is 0.250. The molecule has 1 unspecified atom stereocenters. The van der Waals surface area contributed by atoms with Crippen molar-refractivity contribution in [2.45, 2.75) is 13.5 Å². The van der Waals surface area contributed by atoms with E-state index in [1.807, 2.05) is 30.3 Å². The van der Waals surface area contributed by atoms with Gasteiger partial charge in [-0.2, -0.15) is 0 Å². The maximum absolute atomic E-state index is 12.4. The highest BCUT2D eigenvalue weighted by molar-refractivity contribution is 5.94. The van der Waals surface area contributed by atoms with Crippen LogP contribution < -0.4 is 0 Å². The molecule has 1 heterocycles. The molecule has 21 heavy (non-hydrogen) atoms. The van der Waals surface area contributed by atoms with Crippen LogP contribution in [-0.4, -0.2) is 28.4 Å². The molecule has 1 N–H and O–H groups in total. The Labute approximate surface area is 122 Å². The second-order valence-electron chi connectivity index (χ2n) is 4.92. The number of benzene rings is 1. The van der Waals surface area contributed by atoms with E-state index in [0.29, 0.717) is 12.1 Å². The number of carbonyl (C=O) groups excluding carboxylic acids is 1. The lowest BCUT2D eigenvalue weighted by Gasteiger charge is -2.24. The van der Waals surface area contributed by atoms with Crippen molar-refractivity contribution in [2.75, 3.05) is 6.54 Å². The van der Waals surface area contributed by atoms with Gasteiger partial charge in [-0.15, -0.1) is 0 Å². The molecule has 0 aliphatic heterocycles. The summed E-state index contributed by atoms with van der Waals surface area (Å²) in [4.78, 5) is 25.0. The highest BCUT2D eigenvalue weighted by Gasteiger charge is 2.22. The van der Waals surface area contributed by atoms with Gasteiger partial charge in [0.1, 0.15) is 6.26 Å².